The van der Waals surface area contributed by atoms with Gasteiger partial charge in [0.05, 0.1) is 12.7 Å². The topological polar surface area (TPSA) is 94.6 Å². The average Bonchev–Trinajstić information content (AvgIpc) is 2.56. The lowest BCUT2D eigenvalue weighted by Crippen LogP contribution is -2.47. The van der Waals surface area contributed by atoms with Crippen molar-refractivity contribution in [1.82, 2.24) is 10.3 Å². The van der Waals surface area contributed by atoms with Crippen molar-refractivity contribution in [2.75, 3.05) is 13.7 Å². The molecule has 0 aliphatic carbocycles. The zero-order chi connectivity index (χ0) is 16.5. The summed E-state index contributed by atoms with van der Waals surface area (Å²) >= 11 is 0. The van der Waals surface area contributed by atoms with Crippen molar-refractivity contribution < 1.29 is 23.9 Å². The molecule has 0 bridgehead atoms. The lowest BCUT2D eigenvalue weighted by atomic mass is 9.99. The van der Waals surface area contributed by atoms with Crippen LogP contribution in [-0.2, 0) is 19.1 Å². The first-order chi connectivity index (χ1) is 10.5. The summed E-state index contributed by atoms with van der Waals surface area (Å²) in [5.74, 6) is -1.83. The first-order valence-corrected chi connectivity index (χ1v) is 6.93. The molecule has 0 saturated carbocycles. The van der Waals surface area contributed by atoms with Gasteiger partial charge in [0.2, 0.25) is 0 Å². The van der Waals surface area contributed by atoms with Crippen LogP contribution in [0.3, 0.4) is 0 Å². The molecule has 7 nitrogen and oxygen atoms in total. The van der Waals surface area contributed by atoms with Crippen LogP contribution in [0.5, 0.6) is 0 Å². The van der Waals surface area contributed by atoms with Gasteiger partial charge in [-0.2, -0.15) is 0 Å². The second-order valence-electron chi connectivity index (χ2n) is 4.77. The van der Waals surface area contributed by atoms with Crippen molar-refractivity contribution in [2.24, 2.45) is 5.92 Å². The molecule has 120 valence electrons. The number of aromatic nitrogens is 1. The number of esters is 2. The van der Waals surface area contributed by atoms with Crippen molar-refractivity contribution in [3.63, 3.8) is 0 Å². The standard InChI is InChI=1S/C15H20N2O5/c1-4-10(2)13(15(20)21-3)17-12(18)9-22-14(19)11-6-5-7-16-8-11/h5-8,10,13H,4,9H2,1-3H3,(H,17,18)/t10-,13-/m1/s1. The van der Waals surface area contributed by atoms with E-state index < -0.39 is 30.5 Å². The summed E-state index contributed by atoms with van der Waals surface area (Å²) in [6.45, 7) is 3.25. The Morgan fingerprint density at radius 2 is 2.09 bits per heavy atom. The van der Waals surface area contributed by atoms with E-state index in [9.17, 15) is 14.4 Å². The molecule has 1 amide bonds. The van der Waals surface area contributed by atoms with E-state index in [1.165, 1.54) is 25.6 Å². The summed E-state index contributed by atoms with van der Waals surface area (Å²) < 4.78 is 9.54. The minimum atomic E-state index is -0.764. The SMILES string of the molecule is CC[C@@H](C)[C@@H](NC(=O)COC(=O)c1cccnc1)C(=O)OC. The molecule has 1 N–H and O–H groups in total. The van der Waals surface area contributed by atoms with Crippen LogP contribution < -0.4 is 5.32 Å². The fourth-order valence-corrected chi connectivity index (χ4v) is 1.71. The Balaban J connectivity index is 2.54. The zero-order valence-corrected chi connectivity index (χ0v) is 12.9. The normalized spacial score (nSPS) is 12.9. The Hall–Kier alpha value is -2.44. The van der Waals surface area contributed by atoms with Crippen LogP contribution in [0.2, 0.25) is 0 Å². The number of rotatable bonds is 7. The number of ether oxygens (including phenoxy) is 2. The second-order valence-corrected chi connectivity index (χ2v) is 4.77. The van der Waals surface area contributed by atoms with E-state index in [1.54, 1.807) is 6.07 Å². The van der Waals surface area contributed by atoms with Gasteiger partial charge in [0, 0.05) is 12.4 Å². The van der Waals surface area contributed by atoms with Gasteiger partial charge in [-0.3, -0.25) is 9.78 Å². The van der Waals surface area contributed by atoms with Gasteiger partial charge in [-0.05, 0) is 18.1 Å². The van der Waals surface area contributed by atoms with Gasteiger partial charge in [-0.25, -0.2) is 9.59 Å². The minimum absolute atomic E-state index is 0.0922. The number of hydrogen-bond donors (Lipinski definition) is 1. The summed E-state index contributed by atoms with van der Waals surface area (Å²) in [5.41, 5.74) is 0.252. The summed E-state index contributed by atoms with van der Waals surface area (Å²) in [4.78, 5) is 38.9. The second kappa shape index (κ2) is 8.76. The number of pyridine rings is 1. The van der Waals surface area contributed by atoms with E-state index in [2.05, 4.69) is 15.0 Å². The third kappa shape index (κ3) is 5.16. The minimum Gasteiger partial charge on any atom is -0.467 e. The summed E-state index contributed by atoms with van der Waals surface area (Å²) in [6, 6.07) is 2.36. The lowest BCUT2D eigenvalue weighted by molar-refractivity contribution is -0.147. The van der Waals surface area contributed by atoms with Crippen LogP contribution in [0.15, 0.2) is 24.5 Å². The van der Waals surface area contributed by atoms with Crippen LogP contribution >= 0.6 is 0 Å². The number of nitrogens with one attached hydrogen (secondary N) is 1. The molecule has 0 aliphatic rings. The Morgan fingerprint density at radius 1 is 1.36 bits per heavy atom. The Kier molecular flexibility index (Phi) is 7.01. The first kappa shape index (κ1) is 17.6. The van der Waals surface area contributed by atoms with Crippen molar-refractivity contribution in [1.29, 1.82) is 0 Å². The van der Waals surface area contributed by atoms with Gasteiger partial charge < -0.3 is 14.8 Å². The molecule has 0 aliphatic heterocycles. The summed E-state index contributed by atoms with van der Waals surface area (Å²) in [5, 5.41) is 2.52. The van der Waals surface area contributed by atoms with E-state index >= 15 is 0 Å². The molecular formula is C15H20N2O5. The van der Waals surface area contributed by atoms with E-state index in [4.69, 9.17) is 4.74 Å². The highest BCUT2D eigenvalue weighted by molar-refractivity contribution is 5.91. The van der Waals surface area contributed by atoms with Gasteiger partial charge >= 0.3 is 11.9 Å². The van der Waals surface area contributed by atoms with Crippen molar-refractivity contribution in [3.8, 4) is 0 Å². The number of methoxy groups -OCH3 is 1. The van der Waals surface area contributed by atoms with Gasteiger partial charge in [0.15, 0.2) is 6.61 Å². The maximum absolute atomic E-state index is 11.8. The van der Waals surface area contributed by atoms with Crippen molar-refractivity contribution in [3.05, 3.63) is 30.1 Å². The van der Waals surface area contributed by atoms with E-state index in [1.807, 2.05) is 13.8 Å². The van der Waals surface area contributed by atoms with Crippen LogP contribution in [0.1, 0.15) is 30.6 Å². The van der Waals surface area contributed by atoms with Crippen LogP contribution in [-0.4, -0.2) is 42.6 Å². The molecule has 0 unspecified atom stereocenters. The number of hydrogen-bond acceptors (Lipinski definition) is 6. The van der Waals surface area contributed by atoms with Gasteiger partial charge in [-0.15, -0.1) is 0 Å². The molecule has 0 saturated heterocycles. The molecule has 7 heteroatoms. The summed E-state index contributed by atoms with van der Waals surface area (Å²) in [6.07, 6.45) is 3.56. The van der Waals surface area contributed by atoms with Gasteiger partial charge in [0.1, 0.15) is 6.04 Å². The third-order valence-corrected chi connectivity index (χ3v) is 3.22. The molecule has 1 heterocycles. The maximum Gasteiger partial charge on any atom is 0.340 e. The molecule has 1 rings (SSSR count). The van der Waals surface area contributed by atoms with Crippen LogP contribution in [0.4, 0.5) is 0 Å². The smallest absolute Gasteiger partial charge is 0.340 e. The number of amides is 1. The highest BCUT2D eigenvalue weighted by Crippen LogP contribution is 2.09. The van der Waals surface area contributed by atoms with Crippen molar-refractivity contribution in [2.45, 2.75) is 26.3 Å². The zero-order valence-electron chi connectivity index (χ0n) is 12.9. The molecule has 1 aromatic rings. The molecule has 0 aromatic carbocycles. The van der Waals surface area contributed by atoms with Gasteiger partial charge in [-0.1, -0.05) is 20.3 Å². The largest absolute Gasteiger partial charge is 0.467 e. The van der Waals surface area contributed by atoms with Crippen LogP contribution in [0, 0.1) is 5.92 Å². The fourth-order valence-electron chi connectivity index (χ4n) is 1.71. The molecular weight excluding hydrogens is 288 g/mol. The van der Waals surface area contributed by atoms with E-state index in [0.29, 0.717) is 6.42 Å². The average molecular weight is 308 g/mol. The third-order valence-electron chi connectivity index (χ3n) is 3.22. The molecule has 0 fully saturated rings. The van der Waals surface area contributed by atoms with Gasteiger partial charge in [0.25, 0.3) is 5.91 Å². The highest BCUT2D eigenvalue weighted by Gasteiger charge is 2.26. The molecule has 0 radical (unpaired) electrons. The van der Waals surface area contributed by atoms with Crippen LogP contribution in [0.25, 0.3) is 0 Å². The number of nitrogens with zero attached hydrogens (tertiary/aromatic N) is 1. The quantitative estimate of drug-likeness (QED) is 0.753. The molecule has 1 aromatic heterocycles. The summed E-state index contributed by atoms with van der Waals surface area (Å²) in [7, 11) is 1.26. The highest BCUT2D eigenvalue weighted by atomic mass is 16.5. The Bertz CT molecular complexity index is 518. The Morgan fingerprint density at radius 3 is 2.64 bits per heavy atom. The van der Waals surface area contributed by atoms with Crippen molar-refractivity contribution >= 4 is 17.8 Å². The van der Waals surface area contributed by atoms with E-state index in [0.717, 1.165) is 0 Å². The Labute approximate surface area is 129 Å². The molecule has 0 spiro atoms. The number of carbonyl (C=O) groups is 3. The first-order valence-electron chi connectivity index (χ1n) is 6.93. The maximum atomic E-state index is 11.8. The number of carbonyl (C=O) groups excluding carboxylic acids is 3. The molecule has 2 atom stereocenters. The lowest BCUT2D eigenvalue weighted by Gasteiger charge is -2.21. The predicted octanol–water partition coefficient (Wildman–Crippen LogP) is 0.942. The predicted molar refractivity (Wildman–Crippen MR) is 77.9 cm³/mol. The van der Waals surface area contributed by atoms with E-state index in [-0.39, 0.29) is 11.5 Å². The monoisotopic (exact) mass is 308 g/mol. The fraction of sp³-hybridized carbons (Fsp3) is 0.467. The molecule has 22 heavy (non-hydrogen) atoms.